The van der Waals surface area contributed by atoms with Gasteiger partial charge in [-0.25, -0.2) is 0 Å². The summed E-state index contributed by atoms with van der Waals surface area (Å²) in [4.78, 5) is 12.5. The van der Waals surface area contributed by atoms with Crippen LogP contribution in [0.1, 0.15) is 18.9 Å². The van der Waals surface area contributed by atoms with Gasteiger partial charge in [-0.3, -0.25) is 0 Å². The van der Waals surface area contributed by atoms with E-state index in [4.69, 9.17) is 28.4 Å². The first kappa shape index (κ1) is 23.8. The van der Waals surface area contributed by atoms with Crippen molar-refractivity contribution in [3.63, 3.8) is 0 Å². The van der Waals surface area contributed by atoms with Gasteiger partial charge in [0.05, 0.1) is 0 Å². The third-order valence-electron chi connectivity index (χ3n) is 5.02. The van der Waals surface area contributed by atoms with Gasteiger partial charge in [-0.15, -0.1) is 0 Å². The van der Waals surface area contributed by atoms with Crippen LogP contribution in [0.15, 0.2) is 12.1 Å². The Morgan fingerprint density at radius 3 is 2.34 bits per heavy atom. The Kier molecular flexibility index (Phi) is 8.60. The van der Waals surface area contributed by atoms with Crippen molar-refractivity contribution >= 4 is 22.8 Å². The monoisotopic (exact) mass is 475 g/mol. The van der Waals surface area contributed by atoms with Gasteiger partial charge < -0.3 is 0 Å². The second-order valence-electron chi connectivity index (χ2n) is 6.54. The molecule has 2 rings (SSSR count). The molecule has 0 spiro atoms. The molecule has 1 amide bonds. The summed E-state index contributed by atoms with van der Waals surface area (Å²) >= 11 is 1.08. The Morgan fingerprint density at radius 1 is 1.28 bits per heavy atom. The van der Waals surface area contributed by atoms with Crippen molar-refractivity contribution in [3.05, 3.63) is 17.7 Å². The fraction of sp³-hybridized carbons (Fsp3) is 0.632. The molecule has 5 unspecified atom stereocenters. The summed E-state index contributed by atoms with van der Waals surface area (Å²) in [7, 11) is 6.12. The van der Waals surface area contributed by atoms with Gasteiger partial charge in [-0.2, -0.15) is 0 Å². The molecule has 0 aliphatic carbocycles. The molecule has 1 aromatic carbocycles. The fourth-order valence-corrected chi connectivity index (χ4v) is 4.76. The van der Waals surface area contributed by atoms with Crippen LogP contribution in [0.4, 0.5) is 0 Å². The molecule has 1 fully saturated rings. The van der Waals surface area contributed by atoms with Crippen LogP contribution in [0.2, 0.25) is 4.71 Å². The summed E-state index contributed by atoms with van der Waals surface area (Å²) in [5, 5.41) is 9.31. The van der Waals surface area contributed by atoms with Crippen LogP contribution >= 0.6 is 0 Å². The predicted molar refractivity (Wildman–Crippen MR) is 107 cm³/mol. The second-order valence-corrected chi connectivity index (χ2v) is 7.94. The van der Waals surface area contributed by atoms with Gasteiger partial charge in [-0.05, 0) is 0 Å². The van der Waals surface area contributed by atoms with Crippen LogP contribution in [0.3, 0.4) is 0 Å². The van der Waals surface area contributed by atoms with Crippen molar-refractivity contribution in [1.29, 1.82) is 0 Å². The van der Waals surface area contributed by atoms with Gasteiger partial charge in [0.15, 0.2) is 0 Å². The normalized spacial score (nSPS) is 24.8. The first-order valence-electron chi connectivity index (χ1n) is 9.23. The second kappa shape index (κ2) is 10.5. The van der Waals surface area contributed by atoms with E-state index in [-0.39, 0.29) is 6.61 Å². The van der Waals surface area contributed by atoms with Crippen molar-refractivity contribution in [2.75, 3.05) is 41.7 Å². The number of rotatable bonds is 10. The number of methoxy groups -OCH3 is 4. The third kappa shape index (κ3) is 4.34. The van der Waals surface area contributed by atoms with Gasteiger partial charge in [-0.1, -0.05) is 0 Å². The van der Waals surface area contributed by atoms with Gasteiger partial charge in [0, 0.05) is 0 Å². The molecule has 5 atom stereocenters. The van der Waals surface area contributed by atoms with Crippen molar-refractivity contribution in [1.82, 2.24) is 5.48 Å². The number of carbonyl (C=O) groups excluding carboxylic acids is 1. The molecular weight excluding hydrogens is 445 g/mol. The number of ether oxygens (including phenoxy) is 6. The molecular formula is C19H30AsNO8. The molecule has 0 bridgehead atoms. The van der Waals surface area contributed by atoms with Gasteiger partial charge in [0.1, 0.15) is 0 Å². The standard InChI is InChI=1S/C19H30AsNO8/c1-6-7-28-17-14(26-4)10-29-19(17,16(20)18(22)21-23)11-8-12(24-2)15(27-5)13(9-11)25-3/h8-9,14,16-17,23H,6-7,10,20H2,1-5H3,(H,21,22). The summed E-state index contributed by atoms with van der Waals surface area (Å²) < 4.78 is 33.6. The van der Waals surface area contributed by atoms with Crippen LogP contribution in [0.25, 0.3) is 0 Å². The number of amides is 1. The Balaban J connectivity index is 2.73. The number of hydroxylamine groups is 1. The minimum atomic E-state index is -1.23. The molecule has 1 aliphatic heterocycles. The van der Waals surface area contributed by atoms with E-state index in [1.54, 1.807) is 24.7 Å². The van der Waals surface area contributed by atoms with Crippen molar-refractivity contribution < 1.29 is 38.4 Å². The maximum absolute atomic E-state index is 12.5. The molecule has 0 aromatic heterocycles. The van der Waals surface area contributed by atoms with E-state index >= 15 is 0 Å². The molecule has 9 nitrogen and oxygen atoms in total. The van der Waals surface area contributed by atoms with Crippen LogP contribution in [-0.2, 0) is 24.6 Å². The van der Waals surface area contributed by atoms with E-state index in [0.29, 0.717) is 29.4 Å². The van der Waals surface area contributed by atoms with Crippen LogP contribution in [-0.4, -0.2) is 81.8 Å². The number of carbonyl (C=O) groups is 1. The average Bonchev–Trinajstić information content (AvgIpc) is 3.14. The summed E-state index contributed by atoms with van der Waals surface area (Å²) in [6.07, 6.45) is -0.209. The zero-order valence-electron chi connectivity index (χ0n) is 17.4. The first-order chi connectivity index (χ1) is 13.9. The molecule has 1 heterocycles. The van der Waals surface area contributed by atoms with Crippen molar-refractivity contribution in [2.45, 2.75) is 35.9 Å². The van der Waals surface area contributed by atoms with Crippen LogP contribution < -0.4 is 19.7 Å². The summed E-state index contributed by atoms with van der Waals surface area (Å²) in [5.41, 5.74) is 1.11. The molecule has 0 radical (unpaired) electrons. The Labute approximate surface area is 179 Å². The third-order valence-corrected chi connectivity index (χ3v) is 6.70. The van der Waals surface area contributed by atoms with E-state index in [1.165, 1.54) is 21.3 Å². The van der Waals surface area contributed by atoms with Crippen molar-refractivity contribution in [2.24, 2.45) is 0 Å². The summed E-state index contributed by atoms with van der Waals surface area (Å²) in [5.74, 6) is 0.680. The Hall–Kier alpha value is -1.51. The molecule has 2 N–H and O–H groups in total. The average molecular weight is 475 g/mol. The molecule has 29 heavy (non-hydrogen) atoms. The van der Waals surface area contributed by atoms with E-state index in [0.717, 1.165) is 23.3 Å². The molecule has 164 valence electrons. The molecule has 1 saturated heterocycles. The molecule has 1 aromatic rings. The zero-order chi connectivity index (χ0) is 21.6. The topological polar surface area (TPSA) is 105 Å². The predicted octanol–water partition coefficient (Wildman–Crippen LogP) is 0.675. The maximum atomic E-state index is 12.5. The summed E-state index contributed by atoms with van der Waals surface area (Å²) in [6, 6.07) is 3.47. The molecule has 10 heteroatoms. The van der Waals surface area contributed by atoms with Crippen molar-refractivity contribution in [3.8, 4) is 17.2 Å². The quantitative estimate of drug-likeness (QED) is 0.289. The first-order valence-corrected chi connectivity index (χ1v) is 10.6. The molecule has 1 aliphatic rings. The minimum absolute atomic E-state index is 0.223. The Bertz CT molecular complexity index is 678. The number of hydrogen-bond acceptors (Lipinski definition) is 8. The zero-order valence-corrected chi connectivity index (χ0v) is 19.8. The van der Waals surface area contributed by atoms with E-state index in [1.807, 2.05) is 6.92 Å². The number of nitrogens with one attached hydrogen (secondary N) is 1. The SMILES string of the molecule is CCCOC1C(OC)COC1(c1cc(OC)c(OC)c(OC)c1)C([AsH2])C(=O)NO. The number of benzene rings is 1. The molecule has 0 saturated carbocycles. The van der Waals surface area contributed by atoms with Crippen LogP contribution in [0.5, 0.6) is 17.2 Å². The summed E-state index contributed by atoms with van der Waals surface area (Å²) in [6.45, 7) is 2.67. The fourth-order valence-electron chi connectivity index (χ4n) is 3.60. The van der Waals surface area contributed by atoms with Gasteiger partial charge >= 0.3 is 179 Å². The number of hydrogen-bond donors (Lipinski definition) is 2. The van der Waals surface area contributed by atoms with E-state index < -0.39 is 28.4 Å². The van der Waals surface area contributed by atoms with E-state index in [9.17, 15) is 10.0 Å². The van der Waals surface area contributed by atoms with Crippen LogP contribution in [0, 0.1) is 0 Å². The van der Waals surface area contributed by atoms with Gasteiger partial charge in [0.2, 0.25) is 0 Å². The van der Waals surface area contributed by atoms with Gasteiger partial charge in [0.25, 0.3) is 0 Å². The van der Waals surface area contributed by atoms with E-state index in [2.05, 4.69) is 0 Å². The Morgan fingerprint density at radius 2 is 1.90 bits per heavy atom.